The van der Waals surface area contributed by atoms with Crippen LogP contribution in [0.1, 0.15) is 28.9 Å². The van der Waals surface area contributed by atoms with Crippen molar-refractivity contribution in [2.75, 3.05) is 32.0 Å². The Morgan fingerprint density at radius 1 is 0.969 bits per heavy atom. The number of fused-ring (bicyclic) bond motifs is 1. The van der Waals surface area contributed by atoms with Crippen LogP contribution in [0.15, 0.2) is 42.5 Å². The third-order valence-electron chi connectivity index (χ3n) is 6.37. The Kier molecular flexibility index (Phi) is 4.87. The number of piperazine rings is 1. The summed E-state index contributed by atoms with van der Waals surface area (Å²) in [4.78, 5) is 29.8. The molecule has 3 aromatic rings. The van der Waals surface area contributed by atoms with Gasteiger partial charge in [-0.2, -0.15) is 9.89 Å². The molecule has 1 aliphatic heterocycles. The molecule has 1 aliphatic carbocycles. The number of nitrogen functional groups attached to an aromatic ring is 1. The van der Waals surface area contributed by atoms with Crippen LogP contribution in [-0.2, 0) is 11.4 Å². The molecule has 0 spiro atoms. The molecule has 1 saturated heterocycles. The van der Waals surface area contributed by atoms with Gasteiger partial charge in [-0.05, 0) is 42.2 Å². The molecule has 0 atom stereocenters. The van der Waals surface area contributed by atoms with Gasteiger partial charge in [-0.25, -0.2) is 0 Å². The van der Waals surface area contributed by atoms with Crippen molar-refractivity contribution in [2.45, 2.75) is 25.0 Å². The minimum absolute atomic E-state index is 0.0724. The number of carbonyl (C=O) groups excluding carboxylic acids is 2. The molecule has 0 radical (unpaired) electrons. The van der Waals surface area contributed by atoms with Gasteiger partial charge in [0.05, 0.1) is 17.8 Å². The molecule has 2 aliphatic rings. The molecule has 9 nitrogen and oxygen atoms in total. The second-order valence-corrected chi connectivity index (χ2v) is 8.47. The largest absolute Gasteiger partial charge is 0.390 e. The number of rotatable bonds is 4. The molecule has 166 valence electrons. The number of aromatic nitrogens is 2. The lowest BCUT2D eigenvalue weighted by atomic mass is 10.0. The highest BCUT2D eigenvalue weighted by Crippen LogP contribution is 2.37. The predicted molar refractivity (Wildman–Crippen MR) is 118 cm³/mol. The van der Waals surface area contributed by atoms with E-state index in [1.807, 2.05) is 30.3 Å². The first-order valence-electron chi connectivity index (χ1n) is 10.7. The third-order valence-corrected chi connectivity index (χ3v) is 6.37. The summed E-state index contributed by atoms with van der Waals surface area (Å²) in [6.07, 6.45) is 1.06. The standard InChI is InChI=1S/C23H25N5O4/c24-28-20-13-17(5-6-18(20)19(14-29)25-28)15-1-3-16(4-2-15)21(30)26-9-11-27(12-10-26)22(31)23(32)7-8-23/h1-6,13,29,32H,7-12,14,24H2. The Balaban J connectivity index is 1.28. The van der Waals surface area contributed by atoms with E-state index in [-0.39, 0.29) is 18.4 Å². The zero-order chi connectivity index (χ0) is 22.5. The second-order valence-electron chi connectivity index (χ2n) is 8.47. The van der Waals surface area contributed by atoms with Crippen LogP contribution in [-0.4, -0.2) is 73.5 Å². The average molecular weight is 435 g/mol. The van der Waals surface area contributed by atoms with E-state index < -0.39 is 5.60 Å². The summed E-state index contributed by atoms with van der Waals surface area (Å²) in [7, 11) is 0. The van der Waals surface area contributed by atoms with E-state index >= 15 is 0 Å². The normalized spacial score (nSPS) is 17.6. The molecule has 2 heterocycles. The number of nitrogens with two attached hydrogens (primary N) is 1. The monoisotopic (exact) mass is 435 g/mol. The molecular formula is C23H25N5O4. The molecular weight excluding hydrogens is 410 g/mol. The van der Waals surface area contributed by atoms with E-state index in [1.54, 1.807) is 21.9 Å². The number of benzene rings is 2. The molecule has 32 heavy (non-hydrogen) atoms. The first-order valence-corrected chi connectivity index (χ1v) is 10.7. The van der Waals surface area contributed by atoms with E-state index in [1.165, 1.54) is 4.79 Å². The lowest BCUT2D eigenvalue weighted by Crippen LogP contribution is -2.53. The molecule has 2 amide bonds. The predicted octanol–water partition coefficient (Wildman–Crippen LogP) is 0.719. The van der Waals surface area contributed by atoms with Gasteiger partial charge < -0.3 is 25.9 Å². The van der Waals surface area contributed by atoms with E-state index in [9.17, 15) is 19.8 Å². The molecule has 0 unspecified atom stereocenters. The van der Waals surface area contributed by atoms with Crippen molar-refractivity contribution >= 4 is 22.7 Å². The number of carbonyl (C=O) groups is 2. The number of amides is 2. The van der Waals surface area contributed by atoms with E-state index in [2.05, 4.69) is 5.10 Å². The SMILES string of the molecule is Nn1nc(CO)c2ccc(-c3ccc(C(=O)N4CCN(C(=O)C5(O)CC5)CC4)cc3)cc21. The summed E-state index contributed by atoms with van der Waals surface area (Å²) >= 11 is 0. The highest BCUT2D eigenvalue weighted by Gasteiger charge is 2.50. The Morgan fingerprint density at radius 3 is 2.22 bits per heavy atom. The van der Waals surface area contributed by atoms with Crippen LogP contribution >= 0.6 is 0 Å². The Morgan fingerprint density at radius 2 is 1.59 bits per heavy atom. The van der Waals surface area contributed by atoms with Gasteiger partial charge in [-0.15, -0.1) is 0 Å². The Bertz CT molecular complexity index is 1190. The van der Waals surface area contributed by atoms with Gasteiger partial charge in [-0.1, -0.05) is 24.3 Å². The van der Waals surface area contributed by atoms with Crippen molar-refractivity contribution < 1.29 is 19.8 Å². The molecule has 2 aromatic carbocycles. The van der Waals surface area contributed by atoms with Gasteiger partial charge in [0.1, 0.15) is 5.60 Å². The fourth-order valence-electron chi connectivity index (χ4n) is 4.23. The van der Waals surface area contributed by atoms with Crippen LogP contribution in [0.5, 0.6) is 0 Å². The van der Waals surface area contributed by atoms with Crippen LogP contribution in [0.2, 0.25) is 0 Å². The number of hydrogen-bond acceptors (Lipinski definition) is 6. The quantitative estimate of drug-likeness (QED) is 0.519. The van der Waals surface area contributed by atoms with Crippen molar-refractivity contribution in [2.24, 2.45) is 0 Å². The highest BCUT2D eigenvalue weighted by atomic mass is 16.3. The van der Waals surface area contributed by atoms with Gasteiger partial charge in [0, 0.05) is 37.1 Å². The molecule has 0 bridgehead atoms. The summed E-state index contributed by atoms with van der Waals surface area (Å²) in [5.74, 6) is 5.62. The molecule has 5 rings (SSSR count). The van der Waals surface area contributed by atoms with E-state index in [4.69, 9.17) is 5.84 Å². The Hall–Kier alpha value is -3.43. The number of aliphatic hydroxyl groups excluding tert-OH is 1. The van der Waals surface area contributed by atoms with Gasteiger partial charge >= 0.3 is 0 Å². The maximum absolute atomic E-state index is 12.9. The van der Waals surface area contributed by atoms with E-state index in [0.717, 1.165) is 22.0 Å². The Labute approximate surface area is 184 Å². The highest BCUT2D eigenvalue weighted by molar-refractivity contribution is 5.95. The molecule has 4 N–H and O–H groups in total. The number of aliphatic hydroxyl groups is 2. The zero-order valence-corrected chi connectivity index (χ0v) is 17.6. The van der Waals surface area contributed by atoms with Crippen LogP contribution in [0.4, 0.5) is 0 Å². The second kappa shape index (κ2) is 7.61. The topological polar surface area (TPSA) is 125 Å². The first-order chi connectivity index (χ1) is 15.4. The third kappa shape index (κ3) is 3.49. The summed E-state index contributed by atoms with van der Waals surface area (Å²) < 4.78 is 0. The van der Waals surface area contributed by atoms with Crippen LogP contribution in [0, 0.1) is 0 Å². The summed E-state index contributed by atoms with van der Waals surface area (Å²) in [5, 5.41) is 24.3. The smallest absolute Gasteiger partial charge is 0.254 e. The van der Waals surface area contributed by atoms with Gasteiger partial charge in [0.15, 0.2) is 0 Å². The minimum atomic E-state index is -1.16. The molecule has 9 heteroatoms. The van der Waals surface area contributed by atoms with Crippen molar-refractivity contribution in [3.63, 3.8) is 0 Å². The summed E-state index contributed by atoms with van der Waals surface area (Å²) in [5.41, 5.74) is 2.53. The summed E-state index contributed by atoms with van der Waals surface area (Å²) in [6, 6.07) is 13.1. The minimum Gasteiger partial charge on any atom is -0.390 e. The lowest BCUT2D eigenvalue weighted by molar-refractivity contribution is -0.143. The van der Waals surface area contributed by atoms with Gasteiger partial charge in [0.25, 0.3) is 11.8 Å². The fraction of sp³-hybridized carbons (Fsp3) is 0.348. The fourth-order valence-corrected chi connectivity index (χ4v) is 4.23. The van der Waals surface area contributed by atoms with Crippen molar-refractivity contribution in [3.8, 4) is 11.1 Å². The maximum Gasteiger partial charge on any atom is 0.254 e. The molecule has 2 fully saturated rings. The summed E-state index contributed by atoms with van der Waals surface area (Å²) in [6.45, 7) is 1.60. The number of hydrogen-bond donors (Lipinski definition) is 3. The van der Waals surface area contributed by atoms with Crippen LogP contribution in [0.25, 0.3) is 22.0 Å². The van der Waals surface area contributed by atoms with Gasteiger partial charge in [-0.3, -0.25) is 9.59 Å². The number of nitrogens with zero attached hydrogens (tertiary/aromatic N) is 4. The maximum atomic E-state index is 12.9. The molecule has 1 aromatic heterocycles. The van der Waals surface area contributed by atoms with Gasteiger partial charge in [0.2, 0.25) is 0 Å². The average Bonchev–Trinajstić information content (AvgIpc) is 3.51. The van der Waals surface area contributed by atoms with E-state index in [0.29, 0.717) is 50.3 Å². The molecule has 1 saturated carbocycles. The van der Waals surface area contributed by atoms with Crippen molar-refractivity contribution in [3.05, 3.63) is 53.7 Å². The van der Waals surface area contributed by atoms with Crippen LogP contribution in [0.3, 0.4) is 0 Å². The van der Waals surface area contributed by atoms with Crippen molar-refractivity contribution in [1.82, 2.24) is 19.7 Å². The van der Waals surface area contributed by atoms with Crippen LogP contribution < -0.4 is 5.84 Å². The van der Waals surface area contributed by atoms with Crippen molar-refractivity contribution in [1.29, 1.82) is 0 Å². The first kappa shape index (κ1) is 20.5. The lowest BCUT2D eigenvalue weighted by Gasteiger charge is -2.35. The zero-order valence-electron chi connectivity index (χ0n) is 17.6.